The molecule has 10 nitrogen and oxygen atoms in total. The van der Waals surface area contributed by atoms with Crippen LogP contribution in [0.15, 0.2) is 40.1 Å². The van der Waals surface area contributed by atoms with Gasteiger partial charge in [0.2, 0.25) is 0 Å². The van der Waals surface area contributed by atoms with Crippen molar-refractivity contribution in [2.24, 2.45) is 5.73 Å². The van der Waals surface area contributed by atoms with Crippen LogP contribution in [0.2, 0.25) is 0 Å². The molecular weight excluding hydrogens is 342 g/mol. The predicted molar refractivity (Wildman–Crippen MR) is 91.1 cm³/mol. The van der Waals surface area contributed by atoms with Gasteiger partial charge in [0.1, 0.15) is 18.3 Å². The number of aromatic nitrogens is 3. The molecule has 0 aromatic carbocycles. The van der Waals surface area contributed by atoms with Crippen molar-refractivity contribution in [3.05, 3.63) is 62.7 Å². The summed E-state index contributed by atoms with van der Waals surface area (Å²) < 4.78 is 6.66. The summed E-state index contributed by atoms with van der Waals surface area (Å²) >= 11 is 0. The van der Waals surface area contributed by atoms with Crippen molar-refractivity contribution in [3.63, 3.8) is 0 Å². The molecule has 0 unspecified atom stereocenters. The lowest BCUT2D eigenvalue weighted by Crippen LogP contribution is -2.38. The lowest BCUT2D eigenvalue weighted by molar-refractivity contribution is -0.0392. The Morgan fingerprint density at radius 1 is 1.23 bits per heavy atom. The lowest BCUT2D eigenvalue weighted by Gasteiger charge is -2.16. The van der Waals surface area contributed by atoms with Crippen molar-refractivity contribution in [1.29, 1.82) is 0 Å². The summed E-state index contributed by atoms with van der Waals surface area (Å²) in [5, 5.41) is 23.5. The number of H-pyrrole nitrogens is 1. The number of aliphatic hydroxyl groups excluding tert-OH is 2. The maximum atomic E-state index is 11.8. The highest BCUT2D eigenvalue weighted by Gasteiger charge is 2.43. The number of nitrogens with two attached hydrogens (primary N) is 1. The van der Waals surface area contributed by atoms with Gasteiger partial charge < -0.3 is 26.0 Å². The van der Waals surface area contributed by atoms with Crippen LogP contribution in [0.25, 0.3) is 0 Å². The Kier molecular flexibility index (Phi) is 5.59. The Labute approximate surface area is 148 Å². The lowest BCUT2D eigenvalue weighted by atomic mass is 10.1. The first-order valence-electron chi connectivity index (χ1n) is 8.18. The van der Waals surface area contributed by atoms with E-state index in [2.05, 4.69) is 15.3 Å². The van der Waals surface area contributed by atoms with E-state index in [1.54, 1.807) is 0 Å². The Bertz CT molecular complexity index is 866. The van der Waals surface area contributed by atoms with Crippen molar-refractivity contribution in [2.75, 3.05) is 6.54 Å². The second-order valence-corrected chi connectivity index (χ2v) is 6.02. The van der Waals surface area contributed by atoms with Gasteiger partial charge in [-0.15, -0.1) is 0 Å². The molecule has 6 N–H and O–H groups in total. The average Bonchev–Trinajstić information content (AvgIpc) is 2.90. The first kappa shape index (κ1) is 18.4. The number of pyridine rings is 1. The molecule has 1 fully saturated rings. The predicted octanol–water partition coefficient (Wildman–Crippen LogP) is -2.20. The fraction of sp³-hybridized carbons (Fsp3) is 0.438. The molecule has 3 rings (SSSR count). The van der Waals surface area contributed by atoms with E-state index in [9.17, 15) is 19.8 Å². The third kappa shape index (κ3) is 3.89. The van der Waals surface area contributed by atoms with Gasteiger partial charge in [-0.1, -0.05) is 6.07 Å². The van der Waals surface area contributed by atoms with E-state index in [1.807, 2.05) is 18.2 Å². The van der Waals surface area contributed by atoms with E-state index >= 15 is 0 Å². The summed E-state index contributed by atoms with van der Waals surface area (Å²) in [6, 6.07) is 6.67. The molecule has 3 heterocycles. The van der Waals surface area contributed by atoms with Crippen LogP contribution in [0.3, 0.4) is 0 Å². The molecule has 4 atom stereocenters. The summed E-state index contributed by atoms with van der Waals surface area (Å²) in [6.07, 6.45) is -3.08. The molecule has 26 heavy (non-hydrogen) atoms. The van der Waals surface area contributed by atoms with Gasteiger partial charge in [0.05, 0.1) is 11.4 Å². The molecule has 1 aliphatic rings. The zero-order valence-corrected chi connectivity index (χ0v) is 13.9. The van der Waals surface area contributed by atoms with Crippen LogP contribution in [0.4, 0.5) is 0 Å². The van der Waals surface area contributed by atoms with Crippen molar-refractivity contribution >= 4 is 0 Å². The summed E-state index contributed by atoms with van der Waals surface area (Å²) in [6.45, 7) is 1.02. The number of hydrogen-bond donors (Lipinski definition) is 5. The Balaban J connectivity index is 1.62. The molecular formula is C16H21N5O5. The van der Waals surface area contributed by atoms with Gasteiger partial charge in [-0.3, -0.25) is 19.3 Å². The highest BCUT2D eigenvalue weighted by molar-refractivity contribution is 5.11. The van der Waals surface area contributed by atoms with Crippen molar-refractivity contribution < 1.29 is 14.9 Å². The maximum absolute atomic E-state index is 11.8. The van der Waals surface area contributed by atoms with E-state index in [0.29, 0.717) is 13.1 Å². The molecule has 1 saturated heterocycles. The standard InChI is InChI=1S/C16H21N5O5/c17-6-9-2-1-3-10(19-9)7-18-8-11-13(23)14(24)15(26-11)21-5-4-12(22)20-16(21)25/h1-5,11,13-15,18,23-24H,6-8,17H2,(H,20,22,25)/t11-,13-,14-,15-/m1/s1. The number of ether oxygens (including phenoxy) is 1. The Morgan fingerprint density at radius 2 is 2.00 bits per heavy atom. The molecule has 0 amide bonds. The molecule has 0 radical (unpaired) electrons. The van der Waals surface area contributed by atoms with E-state index in [1.165, 1.54) is 6.20 Å². The average molecular weight is 363 g/mol. The number of aromatic amines is 1. The van der Waals surface area contributed by atoms with Gasteiger partial charge in [0.25, 0.3) is 5.56 Å². The van der Waals surface area contributed by atoms with Gasteiger partial charge in [-0.2, -0.15) is 0 Å². The van der Waals surface area contributed by atoms with Crippen molar-refractivity contribution in [1.82, 2.24) is 19.9 Å². The molecule has 0 bridgehead atoms. The third-order valence-electron chi connectivity index (χ3n) is 4.19. The SMILES string of the molecule is NCc1cccc(CNC[C@H]2O[C@@H](n3ccc(=O)[nH]c3=O)[C@H](O)[C@@H]2O)n1. The normalized spacial score (nSPS) is 25.5. The zero-order chi connectivity index (χ0) is 18.7. The molecule has 0 saturated carbocycles. The minimum atomic E-state index is -1.30. The first-order valence-corrected chi connectivity index (χ1v) is 8.18. The number of nitrogens with one attached hydrogen (secondary N) is 2. The summed E-state index contributed by atoms with van der Waals surface area (Å²) in [5.41, 5.74) is 5.85. The quantitative estimate of drug-likeness (QED) is 0.387. The van der Waals surface area contributed by atoms with Crippen molar-refractivity contribution in [2.45, 2.75) is 37.6 Å². The number of rotatable bonds is 6. The highest BCUT2D eigenvalue weighted by Crippen LogP contribution is 2.27. The molecule has 2 aromatic heterocycles. The summed E-state index contributed by atoms with van der Waals surface area (Å²) in [4.78, 5) is 29.4. The molecule has 0 spiro atoms. The molecule has 0 aliphatic carbocycles. The summed E-state index contributed by atoms with van der Waals surface area (Å²) in [5.74, 6) is 0. The summed E-state index contributed by atoms with van der Waals surface area (Å²) in [7, 11) is 0. The van der Waals surface area contributed by atoms with Crippen LogP contribution in [-0.4, -0.2) is 49.6 Å². The fourth-order valence-electron chi connectivity index (χ4n) is 2.84. The minimum Gasteiger partial charge on any atom is -0.387 e. The molecule has 10 heteroatoms. The van der Waals surface area contributed by atoms with Crippen LogP contribution >= 0.6 is 0 Å². The van der Waals surface area contributed by atoms with Crippen LogP contribution in [0.5, 0.6) is 0 Å². The first-order chi connectivity index (χ1) is 12.5. The molecule has 2 aromatic rings. The zero-order valence-electron chi connectivity index (χ0n) is 13.9. The largest absolute Gasteiger partial charge is 0.387 e. The van der Waals surface area contributed by atoms with E-state index in [4.69, 9.17) is 10.5 Å². The van der Waals surface area contributed by atoms with Crippen LogP contribution < -0.4 is 22.3 Å². The Morgan fingerprint density at radius 3 is 2.73 bits per heavy atom. The second kappa shape index (κ2) is 7.89. The van der Waals surface area contributed by atoms with Gasteiger partial charge >= 0.3 is 5.69 Å². The number of hydrogen-bond acceptors (Lipinski definition) is 8. The number of nitrogens with zero attached hydrogens (tertiary/aromatic N) is 2. The molecule has 140 valence electrons. The third-order valence-corrected chi connectivity index (χ3v) is 4.19. The van der Waals surface area contributed by atoms with E-state index < -0.39 is 35.8 Å². The molecule has 1 aliphatic heterocycles. The van der Waals surface area contributed by atoms with Gasteiger partial charge in [-0.05, 0) is 12.1 Å². The van der Waals surface area contributed by atoms with Crippen LogP contribution in [0.1, 0.15) is 17.6 Å². The van der Waals surface area contributed by atoms with E-state index in [0.717, 1.165) is 22.0 Å². The Hall–Kier alpha value is -2.37. The van der Waals surface area contributed by atoms with Crippen LogP contribution in [0, 0.1) is 0 Å². The van der Waals surface area contributed by atoms with Crippen molar-refractivity contribution in [3.8, 4) is 0 Å². The van der Waals surface area contributed by atoms with E-state index in [-0.39, 0.29) is 6.54 Å². The second-order valence-electron chi connectivity index (χ2n) is 6.02. The highest BCUT2D eigenvalue weighted by atomic mass is 16.6. The fourth-order valence-corrected chi connectivity index (χ4v) is 2.84. The topological polar surface area (TPSA) is 155 Å². The van der Waals surface area contributed by atoms with Gasteiger partial charge in [-0.25, -0.2) is 4.79 Å². The monoisotopic (exact) mass is 363 g/mol. The maximum Gasteiger partial charge on any atom is 0.330 e. The number of aliphatic hydroxyl groups is 2. The van der Waals surface area contributed by atoms with Gasteiger partial charge in [0.15, 0.2) is 6.23 Å². The minimum absolute atomic E-state index is 0.237. The van der Waals surface area contributed by atoms with Gasteiger partial charge in [0, 0.05) is 31.9 Å². The van der Waals surface area contributed by atoms with Crippen LogP contribution in [-0.2, 0) is 17.8 Å². The smallest absolute Gasteiger partial charge is 0.330 e.